The molecule has 0 aliphatic carbocycles. The topological polar surface area (TPSA) is 82.1 Å². The van der Waals surface area contributed by atoms with Crippen molar-refractivity contribution in [2.24, 2.45) is 7.05 Å². The maximum atomic E-state index is 13.0. The third-order valence-corrected chi connectivity index (χ3v) is 4.67. The number of rotatable bonds is 6. The molecule has 2 aromatic heterocycles. The van der Waals surface area contributed by atoms with Gasteiger partial charge in [-0.2, -0.15) is 0 Å². The Kier molecular flexibility index (Phi) is 5.29. The minimum Gasteiger partial charge on any atom is -0.396 e. The van der Waals surface area contributed by atoms with Gasteiger partial charge in [-0.1, -0.05) is 30.7 Å². The van der Waals surface area contributed by atoms with Crippen LogP contribution in [0, 0.1) is 0 Å². The lowest BCUT2D eigenvalue weighted by atomic mass is 10.2. The van der Waals surface area contributed by atoms with Crippen LogP contribution in [0.5, 0.6) is 0 Å². The predicted octanol–water partition coefficient (Wildman–Crippen LogP) is 1.54. The third-order valence-electron chi connectivity index (χ3n) is 4.42. The summed E-state index contributed by atoms with van der Waals surface area (Å²) < 4.78 is 4.42. The van der Waals surface area contributed by atoms with Gasteiger partial charge in [0.15, 0.2) is 11.2 Å². The quantitative estimate of drug-likeness (QED) is 0.707. The number of aromatic nitrogens is 4. The molecule has 0 saturated heterocycles. The number of benzene rings is 1. The van der Waals surface area contributed by atoms with Gasteiger partial charge in [0.2, 0.25) is 0 Å². The summed E-state index contributed by atoms with van der Waals surface area (Å²) in [5.74, 6) is 0.738. The number of aryl methyl sites for hydroxylation is 2. The Morgan fingerprint density at radius 1 is 1.15 bits per heavy atom. The van der Waals surface area contributed by atoms with Gasteiger partial charge >= 0.3 is 5.69 Å². The lowest BCUT2D eigenvalue weighted by Gasteiger charge is -2.11. The monoisotopic (exact) mass is 376 g/mol. The molecule has 0 spiro atoms. The number of fused-ring (bicyclic) bond motifs is 1. The fraction of sp³-hybridized carbons (Fsp3) is 0.389. The highest BCUT2D eigenvalue weighted by atomic mass is 35.5. The van der Waals surface area contributed by atoms with E-state index in [1.165, 1.54) is 4.57 Å². The lowest BCUT2D eigenvalue weighted by molar-refractivity contribution is 0.277. The largest absolute Gasteiger partial charge is 0.396 e. The minimum atomic E-state index is -0.422. The Hall–Kier alpha value is -2.38. The Balaban J connectivity index is 2.24. The van der Waals surface area contributed by atoms with Gasteiger partial charge in [-0.05, 0) is 24.1 Å². The average molecular weight is 377 g/mol. The molecule has 1 N–H and O–H groups in total. The normalized spacial score (nSPS) is 11.4. The molecule has 1 aromatic carbocycles. The molecule has 0 unspecified atom stereocenters. The molecule has 7 nitrogen and oxygen atoms in total. The molecular weight excluding hydrogens is 356 g/mol. The zero-order valence-corrected chi connectivity index (χ0v) is 15.5. The zero-order valence-electron chi connectivity index (χ0n) is 14.8. The van der Waals surface area contributed by atoms with Crippen molar-refractivity contribution in [3.8, 4) is 0 Å². The van der Waals surface area contributed by atoms with Crippen LogP contribution in [0.15, 0.2) is 33.9 Å². The van der Waals surface area contributed by atoms with Crippen LogP contribution in [0.3, 0.4) is 0 Å². The Labute approximate surface area is 155 Å². The second-order valence-corrected chi connectivity index (χ2v) is 6.58. The molecule has 8 heteroatoms. The van der Waals surface area contributed by atoms with E-state index in [2.05, 4.69) is 4.98 Å². The van der Waals surface area contributed by atoms with Crippen molar-refractivity contribution in [2.75, 3.05) is 6.61 Å². The SMILES string of the molecule is CCc1nc2c(c(=O)n(CCCO)c(=O)n2C)n1Cc1ccc(Cl)cc1. The molecule has 0 fully saturated rings. The van der Waals surface area contributed by atoms with Crippen LogP contribution in [-0.2, 0) is 26.6 Å². The van der Waals surface area contributed by atoms with Gasteiger partial charge in [0.25, 0.3) is 5.56 Å². The van der Waals surface area contributed by atoms with Gasteiger partial charge in [-0.15, -0.1) is 0 Å². The summed E-state index contributed by atoms with van der Waals surface area (Å²) in [4.78, 5) is 30.0. The van der Waals surface area contributed by atoms with Crippen molar-refractivity contribution in [3.63, 3.8) is 0 Å². The Morgan fingerprint density at radius 3 is 2.46 bits per heavy atom. The number of aliphatic hydroxyl groups is 1. The van der Waals surface area contributed by atoms with Gasteiger partial charge in [-0.25, -0.2) is 9.78 Å². The number of nitrogens with zero attached hydrogens (tertiary/aromatic N) is 4. The summed E-state index contributed by atoms with van der Waals surface area (Å²) in [5.41, 5.74) is 0.967. The van der Waals surface area contributed by atoms with Crippen LogP contribution >= 0.6 is 11.6 Å². The molecular formula is C18H21ClN4O3. The molecule has 0 aliphatic rings. The van der Waals surface area contributed by atoms with Crippen LogP contribution < -0.4 is 11.2 Å². The van der Waals surface area contributed by atoms with E-state index in [1.54, 1.807) is 19.2 Å². The van der Waals surface area contributed by atoms with Crippen molar-refractivity contribution in [3.05, 3.63) is 61.5 Å². The van der Waals surface area contributed by atoms with Crippen LogP contribution in [0.2, 0.25) is 5.02 Å². The first kappa shape index (κ1) is 18.4. The lowest BCUT2D eigenvalue weighted by Crippen LogP contribution is -2.40. The maximum Gasteiger partial charge on any atom is 0.332 e. The van der Waals surface area contributed by atoms with Crippen molar-refractivity contribution in [1.82, 2.24) is 18.7 Å². The summed E-state index contributed by atoms with van der Waals surface area (Å²) >= 11 is 5.95. The molecule has 3 aromatic rings. The van der Waals surface area contributed by atoms with E-state index in [-0.39, 0.29) is 18.7 Å². The van der Waals surface area contributed by atoms with Crippen molar-refractivity contribution in [2.45, 2.75) is 32.9 Å². The van der Waals surface area contributed by atoms with E-state index in [4.69, 9.17) is 16.7 Å². The molecule has 0 bridgehead atoms. The molecule has 0 saturated carbocycles. The van der Waals surface area contributed by atoms with E-state index in [9.17, 15) is 9.59 Å². The van der Waals surface area contributed by atoms with Crippen LogP contribution in [0.1, 0.15) is 24.7 Å². The van der Waals surface area contributed by atoms with E-state index >= 15 is 0 Å². The fourth-order valence-corrected chi connectivity index (χ4v) is 3.18. The third kappa shape index (κ3) is 3.20. The van der Waals surface area contributed by atoms with Crippen molar-refractivity contribution < 1.29 is 5.11 Å². The summed E-state index contributed by atoms with van der Waals surface area (Å²) in [6.45, 7) is 2.51. The number of aliphatic hydroxyl groups excluding tert-OH is 1. The van der Waals surface area contributed by atoms with Crippen molar-refractivity contribution in [1.29, 1.82) is 0 Å². The number of hydrogen-bond donors (Lipinski definition) is 1. The molecule has 138 valence electrons. The molecule has 3 rings (SSSR count). The van der Waals surface area contributed by atoms with Crippen LogP contribution in [-0.4, -0.2) is 30.4 Å². The van der Waals surface area contributed by atoms with E-state index in [0.29, 0.717) is 35.6 Å². The molecule has 0 amide bonds. The van der Waals surface area contributed by atoms with Crippen LogP contribution in [0.4, 0.5) is 0 Å². The molecule has 26 heavy (non-hydrogen) atoms. The summed E-state index contributed by atoms with van der Waals surface area (Å²) in [7, 11) is 1.61. The molecule has 2 heterocycles. The highest BCUT2D eigenvalue weighted by molar-refractivity contribution is 6.30. The first-order valence-electron chi connectivity index (χ1n) is 8.52. The summed E-state index contributed by atoms with van der Waals surface area (Å²) in [5, 5.41) is 9.70. The molecule has 0 aliphatic heterocycles. The van der Waals surface area contributed by atoms with Gasteiger partial charge in [0, 0.05) is 38.2 Å². The van der Waals surface area contributed by atoms with Gasteiger partial charge in [0.05, 0.1) is 0 Å². The fourth-order valence-electron chi connectivity index (χ4n) is 3.06. The standard InChI is InChI=1S/C18H21ClN4O3/c1-3-14-20-16-15(23(14)11-12-5-7-13(19)8-6-12)17(25)22(9-4-10-24)18(26)21(16)2/h5-8,24H,3-4,9-11H2,1-2H3. The van der Waals surface area contributed by atoms with E-state index in [0.717, 1.165) is 16.0 Å². The Bertz CT molecular complexity index is 1050. The maximum absolute atomic E-state index is 13.0. The van der Waals surface area contributed by atoms with Gasteiger partial charge in [-0.3, -0.25) is 13.9 Å². The minimum absolute atomic E-state index is 0.0854. The van der Waals surface area contributed by atoms with Crippen molar-refractivity contribution >= 4 is 22.8 Å². The number of imidazole rings is 1. The highest BCUT2D eigenvalue weighted by Gasteiger charge is 2.19. The smallest absolute Gasteiger partial charge is 0.332 e. The second-order valence-electron chi connectivity index (χ2n) is 6.14. The molecule has 0 radical (unpaired) electrons. The number of halogens is 1. The molecule has 0 atom stereocenters. The summed E-state index contributed by atoms with van der Waals surface area (Å²) in [6, 6.07) is 7.41. The average Bonchev–Trinajstić information content (AvgIpc) is 3.00. The highest BCUT2D eigenvalue weighted by Crippen LogP contribution is 2.16. The first-order valence-corrected chi connectivity index (χ1v) is 8.90. The van der Waals surface area contributed by atoms with E-state index < -0.39 is 5.69 Å². The van der Waals surface area contributed by atoms with E-state index in [1.807, 2.05) is 23.6 Å². The summed E-state index contributed by atoms with van der Waals surface area (Å²) in [6.07, 6.45) is 0.971. The zero-order chi connectivity index (χ0) is 18.8. The van der Waals surface area contributed by atoms with Gasteiger partial charge < -0.3 is 9.67 Å². The first-order chi connectivity index (χ1) is 12.5. The van der Waals surface area contributed by atoms with Gasteiger partial charge in [0.1, 0.15) is 5.82 Å². The second kappa shape index (κ2) is 7.47. The van der Waals surface area contributed by atoms with Crippen LogP contribution in [0.25, 0.3) is 11.2 Å². The Morgan fingerprint density at radius 2 is 1.85 bits per heavy atom. The predicted molar refractivity (Wildman–Crippen MR) is 101 cm³/mol. The number of hydrogen-bond acceptors (Lipinski definition) is 4.